The topological polar surface area (TPSA) is 29.1 Å². The Balaban J connectivity index is 1.88. The molecule has 0 unspecified atom stereocenters. The average Bonchev–Trinajstić information content (AvgIpc) is 3.30. The second-order valence-corrected chi connectivity index (χ2v) is 5.71. The fourth-order valence-electron chi connectivity index (χ4n) is 2.42. The predicted octanol–water partition coefficient (Wildman–Crippen LogP) is 4.43. The van der Waals surface area contributed by atoms with E-state index in [1.165, 1.54) is 0 Å². The molecule has 6 heteroatoms. The molecule has 0 heterocycles. The van der Waals surface area contributed by atoms with Gasteiger partial charge in [-0.2, -0.15) is 0 Å². The first-order valence-electron chi connectivity index (χ1n) is 6.65. The summed E-state index contributed by atoms with van der Waals surface area (Å²) in [7, 11) is 0. The molecule has 0 bridgehead atoms. The zero-order valence-electron chi connectivity index (χ0n) is 11.3. The number of carbonyl (C=O) groups is 1. The molecule has 3 rings (SSSR count). The summed E-state index contributed by atoms with van der Waals surface area (Å²) in [5.74, 6) is -4.77. The van der Waals surface area contributed by atoms with Gasteiger partial charge in [0.2, 0.25) is 5.91 Å². The molecule has 1 saturated carbocycles. The van der Waals surface area contributed by atoms with Gasteiger partial charge in [-0.1, -0.05) is 23.7 Å². The lowest BCUT2D eigenvalue weighted by atomic mass is 9.95. The summed E-state index contributed by atoms with van der Waals surface area (Å²) in [4.78, 5) is 12.4. The number of carbonyl (C=O) groups excluding carboxylic acids is 1. The van der Waals surface area contributed by atoms with Gasteiger partial charge in [0.25, 0.3) is 0 Å². The first-order chi connectivity index (χ1) is 10.4. The van der Waals surface area contributed by atoms with Crippen LogP contribution in [0.2, 0.25) is 5.02 Å². The van der Waals surface area contributed by atoms with Crippen molar-refractivity contribution >= 4 is 23.2 Å². The largest absolute Gasteiger partial charge is 0.323 e. The second-order valence-electron chi connectivity index (χ2n) is 5.27. The first kappa shape index (κ1) is 14.9. The number of halogens is 4. The van der Waals surface area contributed by atoms with Crippen LogP contribution >= 0.6 is 11.6 Å². The van der Waals surface area contributed by atoms with Crippen LogP contribution in [0.15, 0.2) is 36.4 Å². The monoisotopic (exact) mass is 325 g/mol. The van der Waals surface area contributed by atoms with Gasteiger partial charge < -0.3 is 5.32 Å². The lowest BCUT2D eigenvalue weighted by Gasteiger charge is -2.16. The molecule has 114 valence electrons. The minimum absolute atomic E-state index is 0.378. The van der Waals surface area contributed by atoms with Crippen molar-refractivity contribution in [3.05, 3.63) is 64.4 Å². The van der Waals surface area contributed by atoms with E-state index in [2.05, 4.69) is 5.32 Å². The van der Waals surface area contributed by atoms with Gasteiger partial charge in [0.05, 0.1) is 11.1 Å². The Morgan fingerprint density at radius 1 is 1.09 bits per heavy atom. The Hall–Kier alpha value is -2.01. The zero-order valence-corrected chi connectivity index (χ0v) is 12.1. The molecule has 2 aromatic carbocycles. The van der Waals surface area contributed by atoms with E-state index in [1.54, 1.807) is 24.3 Å². The van der Waals surface area contributed by atoms with Crippen molar-refractivity contribution in [3.63, 3.8) is 0 Å². The van der Waals surface area contributed by atoms with E-state index in [1.807, 2.05) is 0 Å². The van der Waals surface area contributed by atoms with Crippen LogP contribution < -0.4 is 5.32 Å². The molecule has 1 amide bonds. The van der Waals surface area contributed by atoms with E-state index < -0.39 is 28.8 Å². The summed E-state index contributed by atoms with van der Waals surface area (Å²) in [5, 5.41) is 2.83. The highest BCUT2D eigenvalue weighted by atomic mass is 35.5. The van der Waals surface area contributed by atoms with Crippen LogP contribution in [-0.4, -0.2) is 5.91 Å². The Morgan fingerprint density at radius 2 is 1.82 bits per heavy atom. The minimum Gasteiger partial charge on any atom is -0.323 e. The van der Waals surface area contributed by atoms with E-state index in [9.17, 15) is 18.0 Å². The maximum atomic E-state index is 13.6. The van der Waals surface area contributed by atoms with Crippen LogP contribution in [0.5, 0.6) is 0 Å². The van der Waals surface area contributed by atoms with Gasteiger partial charge in [-0.3, -0.25) is 4.79 Å². The second kappa shape index (κ2) is 5.32. The number of amides is 1. The molecule has 1 aliphatic carbocycles. The highest BCUT2D eigenvalue weighted by Crippen LogP contribution is 2.49. The lowest BCUT2D eigenvalue weighted by Crippen LogP contribution is -2.28. The van der Waals surface area contributed by atoms with Gasteiger partial charge in [0.15, 0.2) is 17.5 Å². The molecule has 1 fully saturated rings. The number of anilines is 1. The van der Waals surface area contributed by atoms with Gasteiger partial charge in [-0.15, -0.1) is 0 Å². The first-order valence-corrected chi connectivity index (χ1v) is 7.03. The lowest BCUT2D eigenvalue weighted by molar-refractivity contribution is -0.118. The van der Waals surface area contributed by atoms with Gasteiger partial charge >= 0.3 is 0 Å². The molecule has 0 aromatic heterocycles. The molecule has 1 N–H and O–H groups in total. The number of rotatable bonds is 3. The molecule has 0 spiro atoms. The third kappa shape index (κ3) is 2.46. The van der Waals surface area contributed by atoms with Crippen LogP contribution in [0.25, 0.3) is 0 Å². The molecule has 0 aliphatic heterocycles. The molecule has 2 nitrogen and oxygen atoms in total. The minimum atomic E-state index is -1.61. The predicted molar refractivity (Wildman–Crippen MR) is 77.3 cm³/mol. The molecule has 1 aliphatic rings. The Morgan fingerprint density at radius 3 is 2.45 bits per heavy atom. The smallest absolute Gasteiger partial charge is 0.235 e. The quantitative estimate of drug-likeness (QED) is 0.831. The van der Waals surface area contributed by atoms with E-state index in [0.29, 0.717) is 17.9 Å². The maximum Gasteiger partial charge on any atom is 0.235 e. The van der Waals surface area contributed by atoms with Gasteiger partial charge in [-0.05, 0) is 42.7 Å². The highest BCUT2D eigenvalue weighted by Gasteiger charge is 2.51. The fraction of sp³-hybridized carbons (Fsp3) is 0.188. The number of benzene rings is 2. The third-order valence-electron chi connectivity index (χ3n) is 3.85. The van der Waals surface area contributed by atoms with Crippen molar-refractivity contribution in [1.82, 2.24) is 0 Å². The normalized spacial score (nSPS) is 15.5. The Labute approximate surface area is 129 Å². The van der Waals surface area contributed by atoms with Crippen LogP contribution in [0.3, 0.4) is 0 Å². The molecule has 0 saturated heterocycles. The Kier molecular flexibility index (Phi) is 3.60. The molecule has 22 heavy (non-hydrogen) atoms. The standard InChI is InChI=1S/C16H11ClF3NO/c17-10-3-1-2-9(8-10)16(6-7-16)15(22)21-12-5-4-11(18)13(19)14(12)20/h1-5,8H,6-7H2,(H,21,22). The molecular formula is C16H11ClF3NO. The van der Waals surface area contributed by atoms with Crippen LogP contribution in [-0.2, 0) is 10.2 Å². The molecule has 2 aromatic rings. The van der Waals surface area contributed by atoms with Crippen LogP contribution in [0, 0.1) is 17.5 Å². The van der Waals surface area contributed by atoms with Crippen molar-refractivity contribution in [2.45, 2.75) is 18.3 Å². The number of hydrogen-bond donors (Lipinski definition) is 1. The van der Waals surface area contributed by atoms with E-state index in [4.69, 9.17) is 11.6 Å². The van der Waals surface area contributed by atoms with Gasteiger partial charge in [-0.25, -0.2) is 13.2 Å². The van der Waals surface area contributed by atoms with Crippen molar-refractivity contribution in [2.75, 3.05) is 5.32 Å². The van der Waals surface area contributed by atoms with E-state index in [0.717, 1.165) is 17.7 Å². The van der Waals surface area contributed by atoms with Crippen LogP contribution in [0.4, 0.5) is 18.9 Å². The van der Waals surface area contributed by atoms with Crippen molar-refractivity contribution in [3.8, 4) is 0 Å². The zero-order chi connectivity index (χ0) is 15.9. The Bertz CT molecular complexity index is 759. The van der Waals surface area contributed by atoms with Crippen molar-refractivity contribution < 1.29 is 18.0 Å². The summed E-state index contributed by atoms with van der Waals surface area (Å²) in [6.07, 6.45) is 1.18. The fourth-order valence-corrected chi connectivity index (χ4v) is 2.61. The molecule has 0 radical (unpaired) electrons. The summed E-state index contributed by atoms with van der Waals surface area (Å²) in [6.45, 7) is 0. The summed E-state index contributed by atoms with van der Waals surface area (Å²) < 4.78 is 39.8. The average molecular weight is 326 g/mol. The molecular weight excluding hydrogens is 315 g/mol. The molecule has 0 atom stereocenters. The summed E-state index contributed by atoms with van der Waals surface area (Å²) in [5.41, 5.74) is -0.444. The third-order valence-corrected chi connectivity index (χ3v) is 4.08. The summed E-state index contributed by atoms with van der Waals surface area (Å²) in [6, 6.07) is 8.62. The maximum absolute atomic E-state index is 13.6. The van der Waals surface area contributed by atoms with Crippen molar-refractivity contribution in [1.29, 1.82) is 0 Å². The van der Waals surface area contributed by atoms with Crippen molar-refractivity contribution in [2.24, 2.45) is 0 Å². The number of hydrogen-bond acceptors (Lipinski definition) is 1. The van der Waals surface area contributed by atoms with E-state index >= 15 is 0 Å². The SMILES string of the molecule is O=C(Nc1ccc(F)c(F)c1F)C1(c2cccc(Cl)c2)CC1. The number of nitrogens with one attached hydrogen (secondary N) is 1. The van der Waals surface area contributed by atoms with Gasteiger partial charge in [0.1, 0.15) is 0 Å². The highest BCUT2D eigenvalue weighted by molar-refractivity contribution is 6.30. The van der Waals surface area contributed by atoms with Gasteiger partial charge in [0, 0.05) is 5.02 Å². The van der Waals surface area contributed by atoms with E-state index in [-0.39, 0.29) is 5.69 Å². The van der Waals surface area contributed by atoms with Crippen LogP contribution in [0.1, 0.15) is 18.4 Å². The summed E-state index contributed by atoms with van der Waals surface area (Å²) >= 11 is 5.92.